The zero-order valence-electron chi connectivity index (χ0n) is 15.2. The first-order chi connectivity index (χ1) is 12.2. The van der Waals surface area contributed by atoms with E-state index >= 15 is 0 Å². The Labute approximate surface area is 150 Å². The fourth-order valence-corrected chi connectivity index (χ4v) is 3.83. The quantitative estimate of drug-likeness (QED) is 0.907. The van der Waals surface area contributed by atoms with Gasteiger partial charge in [-0.15, -0.1) is 0 Å². The summed E-state index contributed by atoms with van der Waals surface area (Å²) in [4.78, 5) is 2.41. The van der Waals surface area contributed by atoms with Crippen molar-refractivity contribution in [2.24, 2.45) is 0 Å². The standard InChI is InChI=1S/C21H27NO3/c1-15-11-18-13-21(25-3)20(24-2)12-17(18)9-10-22(15)19(14-23)16-7-5-4-6-8-16/h4-8,12-13,15,19,23H,9-11,14H2,1-3H3/t15-,19+/m1/s1. The van der Waals surface area contributed by atoms with E-state index in [1.807, 2.05) is 18.2 Å². The highest BCUT2D eigenvalue weighted by atomic mass is 16.5. The summed E-state index contributed by atoms with van der Waals surface area (Å²) in [5, 5.41) is 10.0. The molecule has 134 valence electrons. The Hall–Kier alpha value is -2.04. The average molecular weight is 341 g/mol. The van der Waals surface area contributed by atoms with Crippen LogP contribution in [-0.2, 0) is 12.8 Å². The van der Waals surface area contributed by atoms with E-state index in [0.717, 1.165) is 36.4 Å². The number of aliphatic hydroxyl groups is 1. The largest absolute Gasteiger partial charge is 0.493 e. The van der Waals surface area contributed by atoms with Gasteiger partial charge >= 0.3 is 0 Å². The van der Waals surface area contributed by atoms with Crippen molar-refractivity contribution in [1.82, 2.24) is 4.90 Å². The number of nitrogens with zero attached hydrogens (tertiary/aromatic N) is 1. The lowest BCUT2D eigenvalue weighted by atomic mass is 9.99. The zero-order chi connectivity index (χ0) is 17.8. The van der Waals surface area contributed by atoms with Gasteiger partial charge in [0.25, 0.3) is 0 Å². The highest BCUT2D eigenvalue weighted by molar-refractivity contribution is 5.48. The number of benzene rings is 2. The second-order valence-corrected chi connectivity index (χ2v) is 6.63. The Kier molecular flexibility index (Phi) is 5.61. The SMILES string of the molecule is COc1cc2c(cc1OC)C[C@@H](C)N([C@@H](CO)c1ccccc1)CC2. The lowest BCUT2D eigenvalue weighted by molar-refractivity contribution is 0.0926. The maximum Gasteiger partial charge on any atom is 0.161 e. The highest BCUT2D eigenvalue weighted by Crippen LogP contribution is 2.35. The topological polar surface area (TPSA) is 41.9 Å². The second kappa shape index (κ2) is 7.89. The third-order valence-electron chi connectivity index (χ3n) is 5.18. The number of aliphatic hydroxyl groups excluding tert-OH is 1. The fourth-order valence-electron chi connectivity index (χ4n) is 3.83. The van der Waals surface area contributed by atoms with Crippen LogP contribution < -0.4 is 9.47 Å². The van der Waals surface area contributed by atoms with Gasteiger partial charge in [0.1, 0.15) is 0 Å². The predicted octanol–water partition coefficient (Wildman–Crippen LogP) is 3.23. The molecule has 0 amide bonds. The molecule has 0 saturated heterocycles. The van der Waals surface area contributed by atoms with Crippen molar-refractivity contribution in [1.29, 1.82) is 0 Å². The molecule has 2 atom stereocenters. The van der Waals surface area contributed by atoms with E-state index in [1.165, 1.54) is 11.1 Å². The van der Waals surface area contributed by atoms with Crippen LogP contribution in [0.15, 0.2) is 42.5 Å². The third-order valence-corrected chi connectivity index (χ3v) is 5.18. The first-order valence-corrected chi connectivity index (χ1v) is 8.83. The van der Waals surface area contributed by atoms with Crippen molar-refractivity contribution in [3.8, 4) is 11.5 Å². The van der Waals surface area contributed by atoms with Gasteiger partial charge in [-0.05, 0) is 48.6 Å². The van der Waals surface area contributed by atoms with Gasteiger partial charge < -0.3 is 14.6 Å². The minimum Gasteiger partial charge on any atom is -0.493 e. The molecule has 0 fully saturated rings. The van der Waals surface area contributed by atoms with Crippen LogP contribution in [0.2, 0.25) is 0 Å². The molecule has 2 aromatic carbocycles. The van der Waals surface area contributed by atoms with E-state index in [-0.39, 0.29) is 12.6 Å². The molecule has 0 bridgehead atoms. The molecule has 1 aliphatic rings. The molecular formula is C21H27NO3. The van der Waals surface area contributed by atoms with Crippen LogP contribution in [0.5, 0.6) is 11.5 Å². The monoisotopic (exact) mass is 341 g/mol. The maximum atomic E-state index is 10.0. The molecule has 0 aromatic heterocycles. The summed E-state index contributed by atoms with van der Waals surface area (Å²) >= 11 is 0. The van der Waals surface area contributed by atoms with E-state index < -0.39 is 0 Å². The van der Waals surface area contributed by atoms with E-state index in [4.69, 9.17) is 9.47 Å². The molecule has 1 aliphatic heterocycles. The number of hydrogen-bond donors (Lipinski definition) is 1. The van der Waals surface area contributed by atoms with Crippen LogP contribution >= 0.6 is 0 Å². The molecule has 3 rings (SSSR count). The Morgan fingerprint density at radius 3 is 2.32 bits per heavy atom. The molecule has 0 saturated carbocycles. The second-order valence-electron chi connectivity index (χ2n) is 6.63. The van der Waals surface area contributed by atoms with Crippen molar-refractivity contribution < 1.29 is 14.6 Å². The van der Waals surface area contributed by atoms with Gasteiger partial charge in [-0.3, -0.25) is 4.90 Å². The molecule has 4 nitrogen and oxygen atoms in total. The fraction of sp³-hybridized carbons (Fsp3) is 0.429. The first-order valence-electron chi connectivity index (χ1n) is 8.83. The Balaban J connectivity index is 1.89. The lowest BCUT2D eigenvalue weighted by Gasteiger charge is -2.34. The van der Waals surface area contributed by atoms with Crippen LogP contribution in [0, 0.1) is 0 Å². The van der Waals surface area contributed by atoms with Crippen LogP contribution in [0.1, 0.15) is 29.7 Å². The first kappa shape index (κ1) is 17.8. The summed E-state index contributed by atoms with van der Waals surface area (Å²) in [6.07, 6.45) is 1.86. The summed E-state index contributed by atoms with van der Waals surface area (Å²) in [6, 6.07) is 14.8. The van der Waals surface area contributed by atoms with Crippen LogP contribution in [0.3, 0.4) is 0 Å². The van der Waals surface area contributed by atoms with Crippen molar-refractivity contribution in [3.05, 3.63) is 59.2 Å². The van der Waals surface area contributed by atoms with Gasteiger partial charge in [0.05, 0.1) is 26.9 Å². The zero-order valence-corrected chi connectivity index (χ0v) is 15.2. The summed E-state index contributed by atoms with van der Waals surface area (Å²) < 4.78 is 10.9. The minimum atomic E-state index is 0.0225. The molecule has 0 spiro atoms. The molecule has 0 radical (unpaired) electrons. The van der Waals surface area contributed by atoms with Crippen molar-refractivity contribution in [2.75, 3.05) is 27.4 Å². The molecule has 25 heavy (non-hydrogen) atoms. The number of methoxy groups -OCH3 is 2. The lowest BCUT2D eigenvalue weighted by Crippen LogP contribution is -2.39. The minimum absolute atomic E-state index is 0.0225. The number of hydrogen-bond acceptors (Lipinski definition) is 4. The smallest absolute Gasteiger partial charge is 0.161 e. The number of ether oxygens (including phenoxy) is 2. The molecule has 0 aliphatic carbocycles. The van der Waals surface area contributed by atoms with Gasteiger partial charge in [0, 0.05) is 12.6 Å². The summed E-state index contributed by atoms with van der Waals surface area (Å²) in [6.45, 7) is 3.26. The molecule has 2 aromatic rings. The summed E-state index contributed by atoms with van der Waals surface area (Å²) in [5.74, 6) is 1.56. The molecule has 0 unspecified atom stereocenters. The Bertz CT molecular complexity index is 702. The average Bonchev–Trinajstić information content (AvgIpc) is 2.80. The molecule has 4 heteroatoms. The normalized spacial score (nSPS) is 19.0. The Morgan fingerprint density at radius 1 is 1.08 bits per heavy atom. The van der Waals surface area contributed by atoms with Gasteiger partial charge in [-0.25, -0.2) is 0 Å². The van der Waals surface area contributed by atoms with Crippen LogP contribution in [0.4, 0.5) is 0 Å². The van der Waals surface area contributed by atoms with E-state index in [1.54, 1.807) is 14.2 Å². The van der Waals surface area contributed by atoms with Crippen molar-refractivity contribution >= 4 is 0 Å². The number of rotatable bonds is 5. The van der Waals surface area contributed by atoms with Crippen LogP contribution in [-0.4, -0.2) is 43.4 Å². The van der Waals surface area contributed by atoms with Gasteiger partial charge in [-0.1, -0.05) is 30.3 Å². The third kappa shape index (κ3) is 3.65. The van der Waals surface area contributed by atoms with Gasteiger partial charge in [-0.2, -0.15) is 0 Å². The van der Waals surface area contributed by atoms with Crippen LogP contribution in [0.25, 0.3) is 0 Å². The van der Waals surface area contributed by atoms with E-state index in [9.17, 15) is 5.11 Å². The molecule has 1 N–H and O–H groups in total. The maximum absolute atomic E-state index is 10.0. The van der Waals surface area contributed by atoms with Crippen molar-refractivity contribution in [2.45, 2.75) is 31.8 Å². The summed E-state index contributed by atoms with van der Waals surface area (Å²) in [7, 11) is 3.35. The van der Waals surface area contributed by atoms with Gasteiger partial charge in [0.2, 0.25) is 0 Å². The summed E-state index contributed by atoms with van der Waals surface area (Å²) in [5.41, 5.74) is 3.77. The van der Waals surface area contributed by atoms with E-state index in [2.05, 4.69) is 36.1 Å². The Morgan fingerprint density at radius 2 is 1.72 bits per heavy atom. The van der Waals surface area contributed by atoms with E-state index in [0.29, 0.717) is 6.04 Å². The molecular weight excluding hydrogens is 314 g/mol. The predicted molar refractivity (Wildman–Crippen MR) is 99.4 cm³/mol. The highest BCUT2D eigenvalue weighted by Gasteiger charge is 2.28. The molecule has 1 heterocycles. The van der Waals surface area contributed by atoms with Gasteiger partial charge in [0.15, 0.2) is 11.5 Å². The van der Waals surface area contributed by atoms with Crippen molar-refractivity contribution in [3.63, 3.8) is 0 Å². The number of fused-ring (bicyclic) bond motifs is 1.